The zero-order valence-electron chi connectivity index (χ0n) is 13.9. The standard InChI is InChI=1S/C17H18BrClN2O3/c1-5-24-17(23)14-9(2)15(20-10(14)3)16(22)21(4)13-7-6-11(18)8-12(13)19/h6-8,20H,5H2,1-4H3. The highest BCUT2D eigenvalue weighted by atomic mass is 79.9. The molecular weight excluding hydrogens is 396 g/mol. The van der Waals surface area contributed by atoms with Gasteiger partial charge in [0.25, 0.3) is 5.91 Å². The summed E-state index contributed by atoms with van der Waals surface area (Å²) < 4.78 is 5.88. The first-order valence-electron chi connectivity index (χ1n) is 7.37. The Balaban J connectivity index is 2.39. The molecule has 0 aliphatic rings. The summed E-state index contributed by atoms with van der Waals surface area (Å²) in [7, 11) is 1.64. The van der Waals surface area contributed by atoms with Crippen LogP contribution >= 0.6 is 27.5 Å². The van der Waals surface area contributed by atoms with Crippen LogP contribution in [0.3, 0.4) is 0 Å². The van der Waals surface area contributed by atoms with E-state index in [1.54, 1.807) is 40.0 Å². The second-order valence-corrected chi connectivity index (χ2v) is 6.63. The van der Waals surface area contributed by atoms with Crippen molar-refractivity contribution in [3.63, 3.8) is 0 Å². The summed E-state index contributed by atoms with van der Waals surface area (Å²) in [4.78, 5) is 29.3. The molecule has 0 aliphatic carbocycles. The molecule has 1 aromatic carbocycles. The Morgan fingerprint density at radius 3 is 2.58 bits per heavy atom. The molecule has 5 nitrogen and oxygen atoms in total. The Morgan fingerprint density at radius 2 is 2.00 bits per heavy atom. The van der Waals surface area contributed by atoms with E-state index in [1.807, 2.05) is 6.07 Å². The molecule has 0 saturated carbocycles. The van der Waals surface area contributed by atoms with Crippen LogP contribution in [0.1, 0.15) is 39.0 Å². The number of anilines is 1. The Hall–Kier alpha value is -1.79. The number of rotatable bonds is 4. The van der Waals surface area contributed by atoms with Crippen molar-refractivity contribution in [1.29, 1.82) is 0 Å². The van der Waals surface area contributed by atoms with Crippen molar-refractivity contribution in [3.05, 3.63) is 50.2 Å². The molecule has 1 heterocycles. The first-order valence-corrected chi connectivity index (χ1v) is 8.54. The van der Waals surface area contributed by atoms with Crippen LogP contribution in [0, 0.1) is 13.8 Å². The van der Waals surface area contributed by atoms with Crippen molar-refractivity contribution < 1.29 is 14.3 Å². The SMILES string of the molecule is CCOC(=O)c1c(C)[nH]c(C(=O)N(C)c2ccc(Br)cc2Cl)c1C. The lowest BCUT2D eigenvalue weighted by Crippen LogP contribution is -2.27. The summed E-state index contributed by atoms with van der Waals surface area (Å²) >= 11 is 9.55. The summed E-state index contributed by atoms with van der Waals surface area (Å²) in [6, 6.07) is 5.28. The fourth-order valence-electron chi connectivity index (χ4n) is 2.50. The van der Waals surface area contributed by atoms with Gasteiger partial charge in [-0.25, -0.2) is 4.79 Å². The first kappa shape index (κ1) is 18.5. The van der Waals surface area contributed by atoms with Gasteiger partial charge in [-0.1, -0.05) is 27.5 Å². The number of carbonyl (C=O) groups is 2. The number of H-pyrrole nitrogens is 1. The average Bonchev–Trinajstić information content (AvgIpc) is 2.81. The van der Waals surface area contributed by atoms with E-state index in [0.717, 1.165) is 4.47 Å². The van der Waals surface area contributed by atoms with Crippen LogP contribution in [0.2, 0.25) is 5.02 Å². The van der Waals surface area contributed by atoms with Crippen LogP contribution in [0.25, 0.3) is 0 Å². The Kier molecular flexibility index (Phi) is 5.72. The molecule has 0 spiro atoms. The maximum atomic E-state index is 12.8. The van der Waals surface area contributed by atoms with Gasteiger partial charge in [0.05, 0.1) is 22.9 Å². The molecule has 128 valence electrons. The quantitative estimate of drug-likeness (QED) is 0.751. The molecule has 0 radical (unpaired) electrons. The summed E-state index contributed by atoms with van der Waals surface area (Å²) in [6.45, 7) is 5.48. The predicted molar refractivity (Wildman–Crippen MR) is 98.1 cm³/mol. The molecule has 2 rings (SSSR count). The number of hydrogen-bond acceptors (Lipinski definition) is 3. The van der Waals surface area contributed by atoms with E-state index < -0.39 is 5.97 Å². The Morgan fingerprint density at radius 1 is 1.33 bits per heavy atom. The lowest BCUT2D eigenvalue weighted by Gasteiger charge is -2.18. The molecule has 1 amide bonds. The number of halogens is 2. The van der Waals surface area contributed by atoms with Crippen molar-refractivity contribution in [3.8, 4) is 0 Å². The molecule has 0 fully saturated rings. The largest absolute Gasteiger partial charge is 0.462 e. The molecule has 0 atom stereocenters. The van der Waals surface area contributed by atoms with E-state index in [4.69, 9.17) is 16.3 Å². The highest BCUT2D eigenvalue weighted by Crippen LogP contribution is 2.30. The maximum absolute atomic E-state index is 12.8. The predicted octanol–water partition coefficient (Wildman–Crippen LogP) is 4.50. The minimum Gasteiger partial charge on any atom is -0.462 e. The molecule has 7 heteroatoms. The second kappa shape index (κ2) is 7.40. The Bertz CT molecular complexity index is 801. The molecule has 0 aliphatic heterocycles. The van der Waals surface area contributed by atoms with Gasteiger partial charge < -0.3 is 14.6 Å². The van der Waals surface area contributed by atoms with Gasteiger partial charge in [-0.05, 0) is 44.5 Å². The lowest BCUT2D eigenvalue weighted by atomic mass is 10.1. The number of nitrogens with one attached hydrogen (secondary N) is 1. The van der Waals surface area contributed by atoms with E-state index in [2.05, 4.69) is 20.9 Å². The van der Waals surface area contributed by atoms with E-state index in [0.29, 0.717) is 33.2 Å². The van der Waals surface area contributed by atoms with Gasteiger partial charge in [0.2, 0.25) is 0 Å². The minimum atomic E-state index is -0.438. The maximum Gasteiger partial charge on any atom is 0.340 e. The number of aromatic amines is 1. The number of hydrogen-bond donors (Lipinski definition) is 1. The van der Waals surface area contributed by atoms with Crippen molar-refractivity contribution >= 4 is 45.1 Å². The number of aromatic nitrogens is 1. The zero-order valence-corrected chi connectivity index (χ0v) is 16.2. The third kappa shape index (κ3) is 3.49. The number of aryl methyl sites for hydroxylation is 1. The molecule has 2 aromatic rings. The van der Waals surface area contributed by atoms with Gasteiger partial charge in [-0.3, -0.25) is 4.79 Å². The minimum absolute atomic E-state index is 0.278. The number of amides is 1. The van der Waals surface area contributed by atoms with Crippen LogP contribution in [0.4, 0.5) is 5.69 Å². The van der Waals surface area contributed by atoms with Crippen molar-refractivity contribution in [2.24, 2.45) is 0 Å². The van der Waals surface area contributed by atoms with Crippen LogP contribution < -0.4 is 4.90 Å². The molecule has 0 saturated heterocycles. The number of nitrogens with zero attached hydrogens (tertiary/aromatic N) is 1. The highest BCUT2D eigenvalue weighted by Gasteiger charge is 2.25. The van der Waals surface area contributed by atoms with E-state index >= 15 is 0 Å². The number of benzene rings is 1. The summed E-state index contributed by atoms with van der Waals surface area (Å²) in [6.07, 6.45) is 0. The zero-order chi connectivity index (χ0) is 18.0. The van der Waals surface area contributed by atoms with Crippen LogP contribution in [-0.2, 0) is 4.74 Å². The van der Waals surface area contributed by atoms with Gasteiger partial charge in [-0.15, -0.1) is 0 Å². The fourth-order valence-corrected chi connectivity index (χ4v) is 3.30. The average molecular weight is 414 g/mol. The van der Waals surface area contributed by atoms with Gasteiger partial charge in [0.1, 0.15) is 5.69 Å². The highest BCUT2D eigenvalue weighted by molar-refractivity contribution is 9.10. The summed E-state index contributed by atoms with van der Waals surface area (Å²) in [5.41, 5.74) is 2.49. The smallest absolute Gasteiger partial charge is 0.340 e. The second-order valence-electron chi connectivity index (χ2n) is 5.31. The van der Waals surface area contributed by atoms with Crippen molar-refractivity contribution in [2.45, 2.75) is 20.8 Å². The van der Waals surface area contributed by atoms with Gasteiger partial charge in [-0.2, -0.15) is 0 Å². The monoisotopic (exact) mass is 412 g/mol. The van der Waals surface area contributed by atoms with Crippen LogP contribution in [0.5, 0.6) is 0 Å². The van der Waals surface area contributed by atoms with Gasteiger partial charge in [0.15, 0.2) is 0 Å². The summed E-state index contributed by atoms with van der Waals surface area (Å²) in [5, 5.41) is 0.451. The third-order valence-electron chi connectivity index (χ3n) is 3.71. The lowest BCUT2D eigenvalue weighted by molar-refractivity contribution is 0.0525. The molecule has 0 unspecified atom stereocenters. The van der Waals surface area contributed by atoms with E-state index in [9.17, 15) is 9.59 Å². The number of carbonyl (C=O) groups excluding carboxylic acids is 2. The van der Waals surface area contributed by atoms with E-state index in [-0.39, 0.29) is 12.5 Å². The normalized spacial score (nSPS) is 10.6. The third-order valence-corrected chi connectivity index (χ3v) is 4.50. The molecular formula is C17H18BrClN2O3. The molecule has 1 N–H and O–H groups in total. The van der Waals surface area contributed by atoms with Crippen LogP contribution in [0.15, 0.2) is 22.7 Å². The van der Waals surface area contributed by atoms with Crippen LogP contribution in [-0.4, -0.2) is 30.5 Å². The number of ether oxygens (including phenoxy) is 1. The first-order chi connectivity index (χ1) is 11.3. The van der Waals surface area contributed by atoms with Crippen molar-refractivity contribution in [2.75, 3.05) is 18.6 Å². The fraction of sp³-hybridized carbons (Fsp3) is 0.294. The Labute approximate surface area is 154 Å². The summed E-state index contributed by atoms with van der Waals surface area (Å²) in [5.74, 6) is -0.720. The number of esters is 1. The van der Waals surface area contributed by atoms with E-state index in [1.165, 1.54) is 4.90 Å². The molecule has 1 aromatic heterocycles. The molecule has 24 heavy (non-hydrogen) atoms. The van der Waals surface area contributed by atoms with Gasteiger partial charge in [0, 0.05) is 17.2 Å². The topological polar surface area (TPSA) is 62.4 Å². The van der Waals surface area contributed by atoms with Gasteiger partial charge >= 0.3 is 5.97 Å². The van der Waals surface area contributed by atoms with Crippen molar-refractivity contribution in [1.82, 2.24) is 4.98 Å². The molecule has 0 bridgehead atoms.